The van der Waals surface area contributed by atoms with E-state index in [9.17, 15) is 8.78 Å². The van der Waals surface area contributed by atoms with Gasteiger partial charge < -0.3 is 10.1 Å². The molecule has 18 heavy (non-hydrogen) atoms. The predicted octanol–water partition coefficient (Wildman–Crippen LogP) is 3.59. The zero-order valence-corrected chi connectivity index (χ0v) is 9.91. The van der Waals surface area contributed by atoms with Crippen molar-refractivity contribution in [2.45, 2.75) is 6.54 Å². The largest absolute Gasteiger partial charge is 0.496 e. The summed E-state index contributed by atoms with van der Waals surface area (Å²) in [5.74, 6) is -0.953. The van der Waals surface area contributed by atoms with E-state index in [0.29, 0.717) is 12.2 Å². The van der Waals surface area contributed by atoms with Gasteiger partial charge in [0.05, 0.1) is 7.11 Å². The van der Waals surface area contributed by atoms with Gasteiger partial charge in [0.25, 0.3) is 0 Å². The number of ether oxygens (including phenoxy) is 1. The van der Waals surface area contributed by atoms with Gasteiger partial charge in [0.1, 0.15) is 5.75 Å². The van der Waals surface area contributed by atoms with Gasteiger partial charge in [-0.1, -0.05) is 18.2 Å². The Labute approximate surface area is 104 Å². The average molecular weight is 249 g/mol. The standard InChI is InChI=1S/C14H13F2NO/c1-18-14-5-3-2-4-10(14)9-17-11-6-7-12(15)13(16)8-11/h2-8,17H,9H2,1H3. The molecule has 0 saturated heterocycles. The summed E-state index contributed by atoms with van der Waals surface area (Å²) in [5.41, 5.74) is 1.48. The molecule has 0 atom stereocenters. The van der Waals surface area contributed by atoms with Crippen LogP contribution < -0.4 is 10.1 Å². The first-order valence-corrected chi connectivity index (χ1v) is 5.51. The molecule has 0 unspecified atom stereocenters. The second kappa shape index (κ2) is 5.49. The van der Waals surface area contributed by atoms with E-state index < -0.39 is 11.6 Å². The molecule has 0 heterocycles. The molecule has 0 aromatic heterocycles. The minimum absolute atomic E-state index is 0.481. The molecule has 2 nitrogen and oxygen atoms in total. The summed E-state index contributed by atoms with van der Waals surface area (Å²) in [6.07, 6.45) is 0. The summed E-state index contributed by atoms with van der Waals surface area (Å²) in [6, 6.07) is 11.2. The van der Waals surface area contributed by atoms with Crippen LogP contribution in [0.2, 0.25) is 0 Å². The Morgan fingerprint density at radius 3 is 2.56 bits per heavy atom. The van der Waals surface area contributed by atoms with Gasteiger partial charge in [0.2, 0.25) is 0 Å². The van der Waals surface area contributed by atoms with Gasteiger partial charge in [-0.15, -0.1) is 0 Å². The topological polar surface area (TPSA) is 21.3 Å². The number of nitrogens with one attached hydrogen (secondary N) is 1. The number of halogens is 2. The number of benzene rings is 2. The Balaban J connectivity index is 2.09. The van der Waals surface area contributed by atoms with Crippen LogP contribution in [0.4, 0.5) is 14.5 Å². The van der Waals surface area contributed by atoms with Crippen molar-refractivity contribution in [1.29, 1.82) is 0 Å². The number of anilines is 1. The third-order valence-corrected chi connectivity index (χ3v) is 2.60. The van der Waals surface area contributed by atoms with Gasteiger partial charge in [-0.05, 0) is 18.2 Å². The lowest BCUT2D eigenvalue weighted by molar-refractivity contribution is 0.410. The predicted molar refractivity (Wildman–Crippen MR) is 66.7 cm³/mol. The van der Waals surface area contributed by atoms with Gasteiger partial charge in [-0.25, -0.2) is 8.78 Å². The van der Waals surface area contributed by atoms with E-state index in [1.54, 1.807) is 7.11 Å². The van der Waals surface area contributed by atoms with Crippen LogP contribution in [0.3, 0.4) is 0 Å². The Kier molecular flexibility index (Phi) is 3.77. The van der Waals surface area contributed by atoms with Crippen LogP contribution in [0.1, 0.15) is 5.56 Å². The molecule has 0 bridgehead atoms. The van der Waals surface area contributed by atoms with Crippen molar-refractivity contribution in [3.8, 4) is 5.75 Å². The van der Waals surface area contributed by atoms with Gasteiger partial charge in [0.15, 0.2) is 11.6 Å². The molecule has 0 aliphatic heterocycles. The average Bonchev–Trinajstić information content (AvgIpc) is 2.40. The summed E-state index contributed by atoms with van der Waals surface area (Å²) in [7, 11) is 1.59. The Bertz CT molecular complexity index is 543. The molecular formula is C14H13F2NO. The molecule has 1 N–H and O–H groups in total. The van der Waals surface area contributed by atoms with Crippen molar-refractivity contribution in [3.05, 3.63) is 59.7 Å². The monoisotopic (exact) mass is 249 g/mol. The molecule has 2 rings (SSSR count). The van der Waals surface area contributed by atoms with Crippen molar-refractivity contribution >= 4 is 5.69 Å². The summed E-state index contributed by atoms with van der Waals surface area (Å²) in [5, 5.41) is 3.02. The molecule has 2 aromatic rings. The summed E-state index contributed by atoms with van der Waals surface area (Å²) >= 11 is 0. The summed E-state index contributed by atoms with van der Waals surface area (Å²) in [6.45, 7) is 0.481. The van der Waals surface area contributed by atoms with Gasteiger partial charge in [-0.2, -0.15) is 0 Å². The first kappa shape index (κ1) is 12.4. The highest BCUT2D eigenvalue weighted by Gasteiger charge is 2.04. The van der Waals surface area contributed by atoms with Crippen molar-refractivity contribution in [3.63, 3.8) is 0 Å². The van der Waals surface area contributed by atoms with Gasteiger partial charge in [-0.3, -0.25) is 0 Å². The van der Waals surface area contributed by atoms with Crippen LogP contribution in [0.25, 0.3) is 0 Å². The lowest BCUT2D eigenvalue weighted by Crippen LogP contribution is -2.02. The minimum Gasteiger partial charge on any atom is -0.496 e. The fraction of sp³-hybridized carbons (Fsp3) is 0.143. The lowest BCUT2D eigenvalue weighted by atomic mass is 10.2. The van der Waals surface area contributed by atoms with E-state index in [1.165, 1.54) is 6.07 Å². The van der Waals surface area contributed by atoms with E-state index in [4.69, 9.17) is 4.74 Å². The van der Waals surface area contributed by atoms with Gasteiger partial charge in [0, 0.05) is 23.9 Å². The maximum atomic E-state index is 13.0. The molecule has 2 aromatic carbocycles. The van der Waals surface area contributed by atoms with E-state index in [2.05, 4.69) is 5.32 Å². The smallest absolute Gasteiger partial charge is 0.160 e. The molecule has 0 spiro atoms. The highest BCUT2D eigenvalue weighted by atomic mass is 19.2. The highest BCUT2D eigenvalue weighted by Crippen LogP contribution is 2.19. The van der Waals surface area contributed by atoms with Crippen LogP contribution >= 0.6 is 0 Å². The van der Waals surface area contributed by atoms with E-state index in [1.807, 2.05) is 24.3 Å². The number of hydrogen-bond donors (Lipinski definition) is 1. The van der Waals surface area contributed by atoms with Crippen LogP contribution in [0.15, 0.2) is 42.5 Å². The van der Waals surface area contributed by atoms with E-state index >= 15 is 0 Å². The molecule has 0 radical (unpaired) electrons. The fourth-order valence-electron chi connectivity index (χ4n) is 1.65. The molecular weight excluding hydrogens is 236 g/mol. The van der Waals surface area contributed by atoms with E-state index in [-0.39, 0.29) is 0 Å². The Morgan fingerprint density at radius 1 is 1.06 bits per heavy atom. The van der Waals surface area contributed by atoms with Crippen LogP contribution in [0.5, 0.6) is 5.75 Å². The molecule has 0 fully saturated rings. The van der Waals surface area contributed by atoms with Crippen LogP contribution in [-0.2, 0) is 6.54 Å². The second-order valence-electron chi connectivity index (χ2n) is 3.79. The summed E-state index contributed by atoms with van der Waals surface area (Å²) < 4.78 is 31.0. The maximum absolute atomic E-state index is 13.0. The molecule has 0 saturated carbocycles. The number of rotatable bonds is 4. The van der Waals surface area contributed by atoms with Crippen molar-refractivity contribution in [2.24, 2.45) is 0 Å². The fourth-order valence-corrected chi connectivity index (χ4v) is 1.65. The molecule has 4 heteroatoms. The molecule has 0 amide bonds. The highest BCUT2D eigenvalue weighted by molar-refractivity contribution is 5.45. The Morgan fingerprint density at radius 2 is 1.83 bits per heavy atom. The van der Waals surface area contributed by atoms with E-state index in [0.717, 1.165) is 23.4 Å². The number of hydrogen-bond acceptors (Lipinski definition) is 2. The normalized spacial score (nSPS) is 10.2. The zero-order valence-electron chi connectivity index (χ0n) is 9.91. The minimum atomic E-state index is -0.861. The van der Waals surface area contributed by atoms with Gasteiger partial charge >= 0.3 is 0 Å². The van der Waals surface area contributed by atoms with Crippen LogP contribution in [-0.4, -0.2) is 7.11 Å². The number of para-hydroxylation sites is 1. The maximum Gasteiger partial charge on any atom is 0.160 e. The quantitative estimate of drug-likeness (QED) is 0.894. The third-order valence-electron chi connectivity index (χ3n) is 2.60. The summed E-state index contributed by atoms with van der Waals surface area (Å²) in [4.78, 5) is 0. The zero-order chi connectivity index (χ0) is 13.0. The second-order valence-corrected chi connectivity index (χ2v) is 3.79. The molecule has 0 aliphatic carbocycles. The first-order chi connectivity index (χ1) is 8.70. The third kappa shape index (κ3) is 2.77. The first-order valence-electron chi connectivity index (χ1n) is 5.51. The van der Waals surface area contributed by atoms with Crippen molar-refractivity contribution in [2.75, 3.05) is 12.4 Å². The Hall–Kier alpha value is -2.10. The van der Waals surface area contributed by atoms with Crippen LogP contribution in [0, 0.1) is 11.6 Å². The van der Waals surface area contributed by atoms with Crippen molar-refractivity contribution < 1.29 is 13.5 Å². The number of methoxy groups -OCH3 is 1. The SMILES string of the molecule is COc1ccccc1CNc1ccc(F)c(F)c1. The lowest BCUT2D eigenvalue weighted by Gasteiger charge is -2.10. The molecule has 94 valence electrons. The van der Waals surface area contributed by atoms with Crippen molar-refractivity contribution in [1.82, 2.24) is 0 Å². The molecule has 0 aliphatic rings.